The zero-order valence-corrected chi connectivity index (χ0v) is 22.5. The van der Waals surface area contributed by atoms with Gasteiger partial charge in [-0.3, -0.25) is 0 Å². The molecule has 0 unspecified atom stereocenters. The van der Waals surface area contributed by atoms with Crippen molar-refractivity contribution in [1.29, 1.82) is 0 Å². The van der Waals surface area contributed by atoms with Crippen molar-refractivity contribution >= 4 is 18.4 Å². The quantitative estimate of drug-likeness (QED) is 0.276. The van der Waals surface area contributed by atoms with E-state index in [1.165, 1.54) is 19.5 Å². The molecule has 1 aromatic rings. The third kappa shape index (κ3) is 6.34. The second kappa shape index (κ2) is 12.5. The standard InChI is InChI=1S/C11H13N2O6.3C4H9.Sn/c1-2-11(18)6(5-14)19-9(8(11)16)13-4-3-7(15)12-10(13)17;3*1-3-4-2;/h1-4,6,8-9,14,16,18H,5H2,(H,12,15,17);3*1,3-4H2,2H3;/t6-,8+,9-,11-;;;;/m1..../s1. The average molecular weight is 559 g/mol. The van der Waals surface area contributed by atoms with Gasteiger partial charge in [0, 0.05) is 0 Å². The average Bonchev–Trinajstić information content (AvgIpc) is 3.03. The summed E-state index contributed by atoms with van der Waals surface area (Å²) in [6.07, 6.45) is 5.98. The van der Waals surface area contributed by atoms with Crippen molar-refractivity contribution in [1.82, 2.24) is 9.55 Å². The molecule has 1 aromatic heterocycles. The van der Waals surface area contributed by atoms with Crippen molar-refractivity contribution in [2.24, 2.45) is 0 Å². The van der Waals surface area contributed by atoms with Gasteiger partial charge in [-0.2, -0.15) is 0 Å². The SMILES string of the molecule is CCC[CH2][Sn](/[CH]=C/[C@@]1(O)[C@@H](CO)O[C@@H](n2ccc(=O)[nH]c2=O)[C@@H]1O)([CH2]CCC)[CH2]CCC. The van der Waals surface area contributed by atoms with Crippen molar-refractivity contribution in [3.05, 3.63) is 43.3 Å². The van der Waals surface area contributed by atoms with Crippen LogP contribution in [-0.2, 0) is 4.74 Å². The molecule has 2 rings (SSSR count). The van der Waals surface area contributed by atoms with Gasteiger partial charge in [0.1, 0.15) is 0 Å². The third-order valence-electron chi connectivity index (χ3n) is 6.64. The van der Waals surface area contributed by atoms with E-state index in [1.807, 2.05) is 0 Å². The fourth-order valence-corrected chi connectivity index (χ4v) is 18.9. The van der Waals surface area contributed by atoms with Gasteiger partial charge in [-0.05, 0) is 0 Å². The van der Waals surface area contributed by atoms with E-state index in [2.05, 4.69) is 29.8 Å². The van der Waals surface area contributed by atoms with Crippen LogP contribution >= 0.6 is 0 Å². The van der Waals surface area contributed by atoms with Crippen LogP contribution in [0.5, 0.6) is 0 Å². The zero-order chi connectivity index (χ0) is 23.8. The van der Waals surface area contributed by atoms with Gasteiger partial charge < -0.3 is 0 Å². The summed E-state index contributed by atoms with van der Waals surface area (Å²) in [6, 6.07) is 1.15. The van der Waals surface area contributed by atoms with Crippen LogP contribution < -0.4 is 11.2 Å². The Bertz CT molecular complexity index is 832. The first kappa shape index (κ1) is 27.3. The van der Waals surface area contributed by atoms with Crippen molar-refractivity contribution in [3.8, 4) is 0 Å². The second-order valence-corrected chi connectivity index (χ2v) is 22.1. The molecule has 0 spiro atoms. The Labute approximate surface area is 194 Å². The van der Waals surface area contributed by atoms with E-state index >= 15 is 0 Å². The van der Waals surface area contributed by atoms with Crippen LogP contribution in [0.15, 0.2) is 32.0 Å². The van der Waals surface area contributed by atoms with Gasteiger partial charge in [-0.15, -0.1) is 0 Å². The molecule has 1 saturated heterocycles. The summed E-state index contributed by atoms with van der Waals surface area (Å²) < 4.78 is 12.6. The van der Waals surface area contributed by atoms with E-state index in [-0.39, 0.29) is 0 Å². The number of hydrogen-bond donors (Lipinski definition) is 4. The molecule has 0 aromatic carbocycles. The topological polar surface area (TPSA) is 125 Å². The van der Waals surface area contributed by atoms with Gasteiger partial charge >= 0.3 is 195 Å². The molecule has 9 heteroatoms. The summed E-state index contributed by atoms with van der Waals surface area (Å²) in [7, 11) is 0. The van der Waals surface area contributed by atoms with Crippen molar-refractivity contribution in [3.63, 3.8) is 0 Å². The summed E-state index contributed by atoms with van der Waals surface area (Å²) in [5, 5.41) is 32.4. The third-order valence-corrected chi connectivity index (χ3v) is 20.7. The summed E-state index contributed by atoms with van der Waals surface area (Å²) >= 11 is -2.77. The van der Waals surface area contributed by atoms with Gasteiger partial charge in [0.05, 0.1) is 0 Å². The first-order valence-corrected chi connectivity index (χ1v) is 19.7. The van der Waals surface area contributed by atoms with Gasteiger partial charge in [-0.25, -0.2) is 0 Å². The number of rotatable bonds is 13. The Balaban J connectivity index is 2.41. The molecule has 1 aliphatic rings. The molecule has 0 aliphatic carbocycles. The predicted molar refractivity (Wildman–Crippen MR) is 127 cm³/mol. The van der Waals surface area contributed by atoms with Crippen LogP contribution in [0.3, 0.4) is 0 Å². The molecular formula is C23H40N2O6Sn. The second-order valence-electron chi connectivity index (χ2n) is 9.05. The molecule has 4 N–H and O–H groups in total. The number of hydrogen-bond acceptors (Lipinski definition) is 6. The van der Waals surface area contributed by atoms with Crippen molar-refractivity contribution < 1.29 is 20.1 Å². The number of ether oxygens (including phenoxy) is 1. The number of aliphatic hydroxyl groups excluding tert-OH is 2. The molecule has 1 aliphatic heterocycles. The fourth-order valence-electron chi connectivity index (χ4n) is 4.53. The van der Waals surface area contributed by atoms with Crippen molar-refractivity contribution in [2.45, 2.75) is 96.6 Å². The number of aliphatic hydroxyl groups is 3. The summed E-state index contributed by atoms with van der Waals surface area (Å²) in [5.74, 6) is 0. The van der Waals surface area contributed by atoms with Crippen LogP contribution in [-0.4, -0.2) is 67.7 Å². The number of H-pyrrole nitrogens is 1. The fraction of sp³-hybridized carbons (Fsp3) is 0.739. The first-order valence-electron chi connectivity index (χ1n) is 12.0. The maximum atomic E-state index is 12.2. The van der Waals surface area contributed by atoms with Crippen LogP contribution in [0.2, 0.25) is 13.3 Å². The van der Waals surface area contributed by atoms with Crippen LogP contribution in [0.4, 0.5) is 0 Å². The van der Waals surface area contributed by atoms with Gasteiger partial charge in [0.2, 0.25) is 0 Å². The Morgan fingerprint density at radius 1 is 1.12 bits per heavy atom. The van der Waals surface area contributed by atoms with E-state index in [0.717, 1.165) is 49.2 Å². The number of nitrogens with zero attached hydrogens (tertiary/aromatic N) is 1. The normalized spacial score (nSPS) is 26.2. The summed E-state index contributed by atoms with van der Waals surface area (Å²) in [6.45, 7) is 6.07. The predicted octanol–water partition coefficient (Wildman–Crippen LogP) is 2.46. The van der Waals surface area contributed by atoms with Gasteiger partial charge in [-0.1, -0.05) is 0 Å². The number of aromatic amines is 1. The molecule has 2 heterocycles. The molecule has 1 fully saturated rings. The van der Waals surface area contributed by atoms with Gasteiger partial charge in [0.25, 0.3) is 0 Å². The number of nitrogens with one attached hydrogen (secondary N) is 1. The molecule has 0 saturated carbocycles. The van der Waals surface area contributed by atoms with Gasteiger partial charge in [0.15, 0.2) is 0 Å². The zero-order valence-electron chi connectivity index (χ0n) is 19.6. The molecule has 0 amide bonds. The minimum atomic E-state index is -2.77. The molecule has 0 radical (unpaired) electrons. The number of aromatic nitrogens is 2. The van der Waals surface area contributed by atoms with E-state index in [1.54, 1.807) is 6.08 Å². The molecule has 182 valence electrons. The first-order chi connectivity index (χ1) is 15.3. The molecular weight excluding hydrogens is 519 g/mol. The van der Waals surface area contributed by atoms with Crippen LogP contribution in [0.25, 0.3) is 0 Å². The van der Waals surface area contributed by atoms with E-state index < -0.39 is 60.3 Å². The Hall–Kier alpha value is -0.941. The van der Waals surface area contributed by atoms with Crippen LogP contribution in [0, 0.1) is 0 Å². The molecule has 32 heavy (non-hydrogen) atoms. The number of unbranched alkanes of at least 4 members (excludes halogenated alkanes) is 3. The van der Waals surface area contributed by atoms with E-state index in [9.17, 15) is 24.9 Å². The maximum absolute atomic E-state index is 12.2. The molecule has 4 atom stereocenters. The van der Waals surface area contributed by atoms with Crippen molar-refractivity contribution in [2.75, 3.05) is 6.61 Å². The minimum absolute atomic E-state index is 0.506. The van der Waals surface area contributed by atoms with E-state index in [4.69, 9.17) is 4.74 Å². The Morgan fingerprint density at radius 3 is 2.16 bits per heavy atom. The van der Waals surface area contributed by atoms with E-state index in [0.29, 0.717) is 0 Å². The molecule has 8 nitrogen and oxygen atoms in total. The molecule has 0 bridgehead atoms. The monoisotopic (exact) mass is 560 g/mol. The Kier molecular flexibility index (Phi) is 10.7. The summed E-state index contributed by atoms with van der Waals surface area (Å²) in [5.41, 5.74) is -3.12. The summed E-state index contributed by atoms with van der Waals surface area (Å²) in [4.78, 5) is 25.7. The van der Waals surface area contributed by atoms with Crippen LogP contribution in [0.1, 0.15) is 65.5 Å². The Morgan fingerprint density at radius 2 is 1.69 bits per heavy atom.